The number of benzene rings is 4. The summed E-state index contributed by atoms with van der Waals surface area (Å²) < 4.78 is 0. The van der Waals surface area contributed by atoms with Gasteiger partial charge in [-0.25, -0.2) is 0 Å². The molecule has 0 bridgehead atoms. The molecule has 1 unspecified atom stereocenters. The molecule has 0 saturated heterocycles. The van der Waals surface area contributed by atoms with Gasteiger partial charge in [-0.15, -0.1) is 0 Å². The normalized spacial score (nSPS) is 15.9. The van der Waals surface area contributed by atoms with Crippen molar-refractivity contribution in [3.05, 3.63) is 114 Å². The van der Waals surface area contributed by atoms with Crippen LogP contribution < -0.4 is 4.90 Å². The summed E-state index contributed by atoms with van der Waals surface area (Å²) in [5.41, 5.74) is 4.31. The van der Waals surface area contributed by atoms with E-state index in [4.69, 9.17) is 0 Å². The maximum absolute atomic E-state index is 13.4. The van der Waals surface area contributed by atoms with E-state index in [-0.39, 0.29) is 11.8 Å². The lowest BCUT2D eigenvalue weighted by Crippen LogP contribution is -2.28. The number of amides is 1. The van der Waals surface area contributed by atoms with E-state index in [9.17, 15) is 4.79 Å². The molecule has 0 fully saturated rings. The van der Waals surface area contributed by atoms with Gasteiger partial charge in [0, 0.05) is 5.69 Å². The SMILES string of the molecule is O=C1C(c2ccc3ccccc3c2)c2ccccc2N1Cc1ccccc1. The van der Waals surface area contributed by atoms with Crippen molar-refractivity contribution in [2.75, 3.05) is 4.90 Å². The number of anilines is 1. The molecule has 2 nitrogen and oxygen atoms in total. The van der Waals surface area contributed by atoms with Gasteiger partial charge < -0.3 is 4.90 Å². The molecule has 0 aliphatic carbocycles. The largest absolute Gasteiger partial charge is 0.307 e. The van der Waals surface area contributed by atoms with Crippen molar-refractivity contribution >= 4 is 22.4 Å². The van der Waals surface area contributed by atoms with Crippen LogP contribution in [0.25, 0.3) is 10.8 Å². The van der Waals surface area contributed by atoms with Gasteiger partial charge in [-0.1, -0.05) is 91.0 Å². The van der Waals surface area contributed by atoms with E-state index in [2.05, 4.69) is 54.6 Å². The Labute approximate surface area is 158 Å². The third kappa shape index (κ3) is 2.70. The van der Waals surface area contributed by atoms with Crippen molar-refractivity contribution < 1.29 is 4.79 Å². The predicted octanol–water partition coefficient (Wildman–Crippen LogP) is 5.52. The van der Waals surface area contributed by atoms with Gasteiger partial charge in [0.05, 0.1) is 12.5 Å². The van der Waals surface area contributed by atoms with Gasteiger partial charge in [0.15, 0.2) is 0 Å². The molecule has 1 atom stereocenters. The standard InChI is InChI=1S/C25H19NO/c27-25-24(21-15-14-19-10-4-5-11-20(19)16-21)22-12-6-7-13-23(22)26(25)17-18-8-2-1-3-9-18/h1-16,24H,17H2. The van der Waals surface area contributed by atoms with E-state index in [1.165, 1.54) is 10.8 Å². The van der Waals surface area contributed by atoms with Gasteiger partial charge in [-0.3, -0.25) is 4.79 Å². The van der Waals surface area contributed by atoms with Crippen LogP contribution in [-0.2, 0) is 11.3 Å². The number of carbonyl (C=O) groups excluding carboxylic acids is 1. The number of hydrogen-bond donors (Lipinski definition) is 0. The van der Waals surface area contributed by atoms with Gasteiger partial charge in [-0.2, -0.15) is 0 Å². The first-order chi connectivity index (χ1) is 13.3. The van der Waals surface area contributed by atoms with Gasteiger partial charge >= 0.3 is 0 Å². The Morgan fingerprint density at radius 2 is 1.41 bits per heavy atom. The molecule has 1 aliphatic rings. The van der Waals surface area contributed by atoms with E-state index in [0.29, 0.717) is 6.54 Å². The minimum atomic E-state index is -0.241. The number of para-hydroxylation sites is 1. The zero-order valence-corrected chi connectivity index (χ0v) is 14.9. The molecule has 130 valence electrons. The van der Waals surface area contributed by atoms with E-state index in [0.717, 1.165) is 22.4 Å². The fourth-order valence-corrected chi connectivity index (χ4v) is 4.02. The summed E-state index contributed by atoms with van der Waals surface area (Å²) in [6, 6.07) is 33.0. The monoisotopic (exact) mass is 349 g/mol. The van der Waals surface area contributed by atoms with Crippen LogP contribution in [0.5, 0.6) is 0 Å². The van der Waals surface area contributed by atoms with Crippen molar-refractivity contribution in [1.82, 2.24) is 0 Å². The molecule has 0 saturated carbocycles. The average molecular weight is 349 g/mol. The molecule has 4 aromatic rings. The molecule has 0 N–H and O–H groups in total. The minimum absolute atomic E-state index is 0.148. The predicted molar refractivity (Wildman–Crippen MR) is 110 cm³/mol. The quantitative estimate of drug-likeness (QED) is 0.477. The Hall–Kier alpha value is -3.39. The van der Waals surface area contributed by atoms with Crippen LogP contribution in [0.4, 0.5) is 5.69 Å². The number of nitrogens with zero attached hydrogens (tertiary/aromatic N) is 1. The van der Waals surface area contributed by atoms with E-state index < -0.39 is 0 Å². The first-order valence-corrected chi connectivity index (χ1v) is 9.24. The first kappa shape index (κ1) is 15.8. The maximum Gasteiger partial charge on any atom is 0.239 e. The third-order valence-corrected chi connectivity index (χ3v) is 5.34. The molecule has 0 aromatic heterocycles. The van der Waals surface area contributed by atoms with Crippen LogP contribution >= 0.6 is 0 Å². The molecule has 0 spiro atoms. The fraction of sp³-hybridized carbons (Fsp3) is 0.0800. The van der Waals surface area contributed by atoms with Crippen molar-refractivity contribution in [3.63, 3.8) is 0 Å². The Kier molecular flexibility index (Phi) is 3.75. The van der Waals surface area contributed by atoms with E-state index in [1.807, 2.05) is 47.4 Å². The lowest BCUT2D eigenvalue weighted by molar-refractivity contribution is -0.118. The summed E-state index contributed by atoms with van der Waals surface area (Å²) in [7, 11) is 0. The molecule has 27 heavy (non-hydrogen) atoms. The first-order valence-electron chi connectivity index (χ1n) is 9.24. The number of carbonyl (C=O) groups is 1. The molecule has 2 heteroatoms. The van der Waals surface area contributed by atoms with Crippen LogP contribution in [0, 0.1) is 0 Å². The summed E-state index contributed by atoms with van der Waals surface area (Å²) in [5.74, 6) is -0.0927. The lowest BCUT2D eigenvalue weighted by Gasteiger charge is -2.18. The van der Waals surface area contributed by atoms with Crippen LogP contribution in [-0.4, -0.2) is 5.91 Å². The third-order valence-electron chi connectivity index (χ3n) is 5.34. The minimum Gasteiger partial charge on any atom is -0.307 e. The molecule has 1 aliphatic heterocycles. The highest BCUT2D eigenvalue weighted by molar-refractivity contribution is 6.07. The fourth-order valence-electron chi connectivity index (χ4n) is 4.02. The smallest absolute Gasteiger partial charge is 0.239 e. The van der Waals surface area contributed by atoms with Crippen LogP contribution in [0.1, 0.15) is 22.6 Å². The molecule has 1 amide bonds. The number of rotatable bonds is 3. The zero-order chi connectivity index (χ0) is 18.2. The Bertz CT molecular complexity index is 1130. The van der Waals surface area contributed by atoms with Gasteiger partial charge in [0.2, 0.25) is 5.91 Å². The second kappa shape index (κ2) is 6.40. The Morgan fingerprint density at radius 3 is 2.26 bits per heavy atom. The summed E-state index contributed by atoms with van der Waals surface area (Å²) in [6.07, 6.45) is 0. The lowest BCUT2D eigenvalue weighted by atomic mass is 9.91. The molecular formula is C25H19NO. The van der Waals surface area contributed by atoms with Crippen LogP contribution in [0.2, 0.25) is 0 Å². The second-order valence-electron chi connectivity index (χ2n) is 7.01. The Morgan fingerprint density at radius 1 is 0.704 bits per heavy atom. The van der Waals surface area contributed by atoms with Crippen molar-refractivity contribution in [3.8, 4) is 0 Å². The topological polar surface area (TPSA) is 20.3 Å². The van der Waals surface area contributed by atoms with Crippen LogP contribution in [0.3, 0.4) is 0 Å². The molecular weight excluding hydrogens is 330 g/mol. The average Bonchev–Trinajstić information content (AvgIpc) is 3.00. The highest BCUT2D eigenvalue weighted by atomic mass is 16.2. The van der Waals surface area contributed by atoms with Gasteiger partial charge in [0.1, 0.15) is 0 Å². The molecule has 5 rings (SSSR count). The van der Waals surface area contributed by atoms with Crippen molar-refractivity contribution in [1.29, 1.82) is 0 Å². The highest BCUT2D eigenvalue weighted by Gasteiger charge is 2.37. The molecule has 4 aromatic carbocycles. The summed E-state index contributed by atoms with van der Waals surface area (Å²) in [5, 5.41) is 2.36. The van der Waals surface area contributed by atoms with Gasteiger partial charge in [-0.05, 0) is 33.5 Å². The summed E-state index contributed by atoms with van der Waals surface area (Å²) in [4.78, 5) is 15.4. The second-order valence-corrected chi connectivity index (χ2v) is 7.01. The van der Waals surface area contributed by atoms with E-state index >= 15 is 0 Å². The maximum atomic E-state index is 13.4. The highest BCUT2D eigenvalue weighted by Crippen LogP contribution is 2.42. The number of fused-ring (bicyclic) bond motifs is 2. The van der Waals surface area contributed by atoms with Gasteiger partial charge in [0.25, 0.3) is 0 Å². The van der Waals surface area contributed by atoms with E-state index in [1.54, 1.807) is 0 Å². The molecule has 0 radical (unpaired) electrons. The van der Waals surface area contributed by atoms with Crippen molar-refractivity contribution in [2.24, 2.45) is 0 Å². The Balaban J connectivity index is 1.59. The van der Waals surface area contributed by atoms with Crippen LogP contribution in [0.15, 0.2) is 97.1 Å². The summed E-state index contributed by atoms with van der Waals surface area (Å²) >= 11 is 0. The molecule has 1 heterocycles. The summed E-state index contributed by atoms with van der Waals surface area (Å²) in [6.45, 7) is 0.598. The van der Waals surface area contributed by atoms with Crippen molar-refractivity contribution in [2.45, 2.75) is 12.5 Å². The number of hydrogen-bond acceptors (Lipinski definition) is 1. The zero-order valence-electron chi connectivity index (χ0n) is 14.9.